The van der Waals surface area contributed by atoms with E-state index in [9.17, 15) is 14.4 Å². The lowest BCUT2D eigenvalue weighted by molar-refractivity contribution is -0.146. The molecule has 0 atom stereocenters. The van der Waals surface area contributed by atoms with Crippen LogP contribution in [0.5, 0.6) is 0 Å². The Labute approximate surface area is 206 Å². The van der Waals surface area contributed by atoms with Gasteiger partial charge in [-0.1, -0.05) is 91.0 Å². The number of ketones is 1. The topological polar surface area (TPSA) is 80.7 Å². The highest BCUT2D eigenvalue weighted by molar-refractivity contribution is 7.97. The van der Waals surface area contributed by atoms with Gasteiger partial charge in [0.2, 0.25) is 0 Å². The zero-order valence-corrected chi connectivity index (χ0v) is 21.2. The summed E-state index contributed by atoms with van der Waals surface area (Å²) in [6, 6.07) is 28.8. The molecule has 182 valence electrons. The van der Waals surface area contributed by atoms with Gasteiger partial charge in [0.15, 0.2) is 5.78 Å². The van der Waals surface area contributed by atoms with Crippen molar-refractivity contribution in [2.24, 2.45) is 0 Å². The molecule has 35 heavy (non-hydrogen) atoms. The Hall–Kier alpha value is -3.43. The molecule has 0 aromatic heterocycles. The molecule has 0 saturated carbocycles. The highest BCUT2D eigenvalue weighted by Gasteiger charge is 2.38. The van der Waals surface area contributed by atoms with E-state index in [1.165, 1.54) is 0 Å². The summed E-state index contributed by atoms with van der Waals surface area (Å²) in [5.74, 6) is -2.03. The maximum Gasteiger partial charge on any atom is 0.343 e. The first kappa shape index (κ1) is 26.2. The summed E-state index contributed by atoms with van der Waals surface area (Å²) in [5.41, 5.74) is -0.816. The zero-order chi connectivity index (χ0) is 25.5. The molecular formula is C29H31O5P. The van der Waals surface area contributed by atoms with Crippen molar-refractivity contribution in [1.29, 1.82) is 0 Å². The molecule has 0 aliphatic carbocycles. The summed E-state index contributed by atoms with van der Waals surface area (Å²) in [4.78, 5) is 38.9. The number of carboxylic acid groups (broad SMARTS) is 1. The van der Waals surface area contributed by atoms with Gasteiger partial charge < -0.3 is 9.84 Å². The summed E-state index contributed by atoms with van der Waals surface area (Å²) >= 11 is 0. The van der Waals surface area contributed by atoms with Crippen LogP contribution in [0.1, 0.15) is 40.0 Å². The van der Waals surface area contributed by atoms with Gasteiger partial charge >= 0.3 is 11.9 Å². The van der Waals surface area contributed by atoms with Gasteiger partial charge in [0.05, 0.1) is 0 Å². The fourth-order valence-electron chi connectivity index (χ4n) is 4.07. The molecule has 3 aromatic rings. The maximum atomic E-state index is 13.9. The number of carbonyl (C=O) groups excluding carboxylic acids is 2. The summed E-state index contributed by atoms with van der Waals surface area (Å²) in [6.07, 6.45) is -0.0746. The largest absolute Gasteiger partial charge is 0.481 e. The van der Waals surface area contributed by atoms with Crippen molar-refractivity contribution in [3.05, 3.63) is 91.0 Å². The average molecular weight is 491 g/mol. The molecule has 0 heterocycles. The maximum absolute atomic E-state index is 13.9. The molecule has 0 amide bonds. The zero-order valence-electron chi connectivity index (χ0n) is 20.3. The Kier molecular flexibility index (Phi) is 8.48. The molecule has 5 nitrogen and oxygen atoms in total. The first-order chi connectivity index (χ1) is 16.7. The summed E-state index contributed by atoms with van der Waals surface area (Å²) in [7, 11) is 0. The van der Waals surface area contributed by atoms with Crippen LogP contribution in [-0.2, 0) is 19.1 Å². The highest BCUT2D eigenvalue weighted by atomic mass is 31.2. The van der Waals surface area contributed by atoms with Crippen LogP contribution in [-0.4, -0.2) is 33.7 Å². The second kappa shape index (κ2) is 11.3. The smallest absolute Gasteiger partial charge is 0.343 e. The van der Waals surface area contributed by atoms with Crippen molar-refractivity contribution in [3.8, 4) is 0 Å². The second-order valence-corrected chi connectivity index (χ2v) is 12.5. The molecule has 1 N–H and O–H groups in total. The van der Waals surface area contributed by atoms with Gasteiger partial charge in [-0.05, 0) is 50.0 Å². The predicted octanol–water partition coefficient (Wildman–Crippen LogP) is 4.32. The van der Waals surface area contributed by atoms with Gasteiger partial charge in [0, 0.05) is 12.8 Å². The van der Waals surface area contributed by atoms with Crippen LogP contribution >= 0.6 is 6.89 Å². The van der Waals surface area contributed by atoms with Gasteiger partial charge in [-0.25, -0.2) is 4.79 Å². The molecule has 0 aliphatic heterocycles. The Balaban J connectivity index is 2.49. The molecule has 3 rings (SSSR count). The Morgan fingerprint density at radius 2 is 1.11 bits per heavy atom. The summed E-state index contributed by atoms with van der Waals surface area (Å²) in [5, 5.41) is 11.8. The third kappa shape index (κ3) is 6.17. The van der Waals surface area contributed by atoms with Crippen LogP contribution in [0.4, 0.5) is 0 Å². The van der Waals surface area contributed by atoms with E-state index in [1.807, 2.05) is 91.0 Å². The molecule has 3 aromatic carbocycles. The Bertz CT molecular complexity index is 1120. The van der Waals surface area contributed by atoms with Gasteiger partial charge in [-0.3, -0.25) is 9.59 Å². The van der Waals surface area contributed by atoms with Crippen LogP contribution in [0.3, 0.4) is 0 Å². The van der Waals surface area contributed by atoms with Crippen LogP contribution < -0.4 is 15.9 Å². The number of esters is 1. The number of rotatable bonds is 9. The Morgan fingerprint density at radius 3 is 1.46 bits per heavy atom. The normalized spacial score (nSPS) is 11.5. The van der Waals surface area contributed by atoms with E-state index in [0.29, 0.717) is 0 Å². The third-order valence-electron chi connectivity index (χ3n) is 5.42. The van der Waals surface area contributed by atoms with E-state index in [1.54, 1.807) is 20.8 Å². The predicted molar refractivity (Wildman–Crippen MR) is 142 cm³/mol. The third-order valence-corrected chi connectivity index (χ3v) is 9.74. The van der Waals surface area contributed by atoms with Gasteiger partial charge in [0.1, 0.15) is 10.9 Å². The summed E-state index contributed by atoms with van der Waals surface area (Å²) < 4.78 is 5.83. The summed E-state index contributed by atoms with van der Waals surface area (Å²) in [6.45, 7) is 2.33. The van der Waals surface area contributed by atoms with Crippen molar-refractivity contribution < 1.29 is 24.2 Å². The van der Waals surface area contributed by atoms with Crippen LogP contribution in [0.25, 0.3) is 0 Å². The first-order valence-electron chi connectivity index (χ1n) is 11.6. The number of aliphatic carboxylic acids is 1. The van der Waals surface area contributed by atoms with Crippen molar-refractivity contribution in [2.45, 2.75) is 45.6 Å². The molecule has 6 heteroatoms. The average Bonchev–Trinajstić information content (AvgIpc) is 2.82. The monoisotopic (exact) mass is 490 g/mol. The fraction of sp³-hybridized carbons (Fsp3) is 0.241. The number of Topliss-reactive ketones (excluding diaryl/α,β-unsaturated/α-hetero) is 1. The van der Waals surface area contributed by atoms with Crippen molar-refractivity contribution >= 4 is 45.8 Å². The number of benzene rings is 3. The molecule has 0 unspecified atom stereocenters. The number of carboxylic acids is 1. The van der Waals surface area contributed by atoms with Crippen molar-refractivity contribution in [3.63, 3.8) is 0 Å². The molecule has 0 aliphatic rings. The first-order valence-corrected chi connectivity index (χ1v) is 13.4. The van der Waals surface area contributed by atoms with Gasteiger partial charge in [-0.15, -0.1) is 0 Å². The van der Waals surface area contributed by atoms with Crippen LogP contribution in [0, 0.1) is 0 Å². The number of ether oxygens (including phenoxy) is 1. The van der Waals surface area contributed by atoms with Crippen LogP contribution in [0.2, 0.25) is 0 Å². The highest BCUT2D eigenvalue weighted by Crippen LogP contribution is 2.47. The lowest BCUT2D eigenvalue weighted by atomic mass is 10.1. The minimum absolute atomic E-state index is 0.0604. The minimum atomic E-state index is -2.98. The fourth-order valence-corrected chi connectivity index (χ4v) is 8.40. The number of hydrogen-bond donors (Lipinski definition) is 1. The van der Waals surface area contributed by atoms with E-state index in [2.05, 4.69) is 0 Å². The van der Waals surface area contributed by atoms with E-state index in [4.69, 9.17) is 9.84 Å². The molecule has 0 bridgehead atoms. The van der Waals surface area contributed by atoms with Gasteiger partial charge in [-0.2, -0.15) is 0 Å². The van der Waals surface area contributed by atoms with E-state index < -0.39 is 24.4 Å². The Morgan fingerprint density at radius 1 is 0.714 bits per heavy atom. The van der Waals surface area contributed by atoms with Crippen molar-refractivity contribution in [1.82, 2.24) is 0 Å². The lowest BCUT2D eigenvalue weighted by Crippen LogP contribution is -2.40. The lowest BCUT2D eigenvalue weighted by Gasteiger charge is -2.32. The minimum Gasteiger partial charge on any atom is -0.481 e. The van der Waals surface area contributed by atoms with Crippen molar-refractivity contribution in [2.75, 3.05) is 0 Å². The molecular weight excluding hydrogens is 459 g/mol. The van der Waals surface area contributed by atoms with E-state index >= 15 is 0 Å². The molecule has 0 radical (unpaired) electrons. The standard InChI is InChI=1S/C29H31O5P/c1-29(2,3)34-28(33)27(25(30)20-13-21-26(31)32)35(22-14-7-4-8-15-22,23-16-9-5-10-17-23)24-18-11-6-12-19-24/h4-12,14-19H,13,20-21H2,1-3H3,(H,31,32). The molecule has 0 saturated heterocycles. The van der Waals surface area contributed by atoms with Crippen LogP contribution in [0.15, 0.2) is 91.0 Å². The second-order valence-electron chi connectivity index (χ2n) is 9.20. The quantitative estimate of drug-likeness (QED) is 0.275. The van der Waals surface area contributed by atoms with Gasteiger partial charge in [0.25, 0.3) is 0 Å². The van der Waals surface area contributed by atoms with E-state index in [0.717, 1.165) is 15.9 Å². The molecule has 0 spiro atoms. The van der Waals surface area contributed by atoms with E-state index in [-0.39, 0.29) is 30.3 Å². The number of hydrogen-bond acceptors (Lipinski definition) is 4. The number of carbonyl (C=O) groups is 3. The SMILES string of the molecule is CC(C)(C)OC(=O)C(C(=O)CCCC(=O)O)=P(c1ccccc1)(c1ccccc1)c1ccccc1. The molecule has 0 fully saturated rings.